The largest absolute Gasteiger partial charge is 0.416 e. The molecule has 1 rings (SSSR count). The zero-order chi connectivity index (χ0) is 14.3. The Morgan fingerprint density at radius 2 is 2.00 bits per heavy atom. The van der Waals surface area contributed by atoms with Gasteiger partial charge in [-0.1, -0.05) is 18.2 Å². The fourth-order valence-electron chi connectivity index (χ4n) is 1.63. The van der Waals surface area contributed by atoms with Gasteiger partial charge in [0.25, 0.3) is 0 Å². The van der Waals surface area contributed by atoms with Crippen molar-refractivity contribution in [3.05, 3.63) is 35.4 Å². The number of rotatable bonds is 7. The first kappa shape index (κ1) is 15.9. The van der Waals surface area contributed by atoms with Crippen LogP contribution < -0.4 is 5.32 Å². The van der Waals surface area contributed by atoms with Crippen LogP contribution in [0.2, 0.25) is 0 Å². The molecule has 0 aromatic heterocycles. The molecule has 1 atom stereocenters. The van der Waals surface area contributed by atoms with Crippen molar-refractivity contribution in [1.29, 1.82) is 0 Å². The zero-order valence-corrected chi connectivity index (χ0v) is 11.0. The van der Waals surface area contributed by atoms with Crippen LogP contribution in [0.25, 0.3) is 0 Å². The quantitative estimate of drug-likeness (QED) is 0.830. The molecule has 0 radical (unpaired) electrons. The van der Waals surface area contributed by atoms with E-state index in [9.17, 15) is 13.2 Å². The van der Waals surface area contributed by atoms with Crippen molar-refractivity contribution < 1.29 is 22.6 Å². The van der Waals surface area contributed by atoms with Crippen LogP contribution in [0.1, 0.15) is 11.1 Å². The molecule has 19 heavy (non-hydrogen) atoms. The fraction of sp³-hybridized carbons (Fsp3) is 0.538. The number of hydrogen-bond acceptors (Lipinski definition) is 3. The molecule has 108 valence electrons. The third-order valence-corrected chi connectivity index (χ3v) is 2.64. The van der Waals surface area contributed by atoms with Crippen LogP contribution in [0.5, 0.6) is 0 Å². The average molecular weight is 277 g/mol. The normalized spacial score (nSPS) is 13.5. The third-order valence-electron chi connectivity index (χ3n) is 2.64. The van der Waals surface area contributed by atoms with Crippen molar-refractivity contribution in [2.75, 3.05) is 27.4 Å². The van der Waals surface area contributed by atoms with Gasteiger partial charge in [-0.3, -0.25) is 0 Å². The Hall–Kier alpha value is -1.11. The number of halogens is 3. The summed E-state index contributed by atoms with van der Waals surface area (Å²) in [5, 5.41) is 3.04. The summed E-state index contributed by atoms with van der Waals surface area (Å²) in [6.45, 7) is 1.31. The molecule has 0 aliphatic carbocycles. The van der Waals surface area contributed by atoms with Gasteiger partial charge in [0.2, 0.25) is 0 Å². The lowest BCUT2D eigenvalue weighted by molar-refractivity contribution is -0.137. The molecular weight excluding hydrogens is 259 g/mol. The first-order chi connectivity index (χ1) is 8.97. The minimum Gasteiger partial charge on any atom is -0.382 e. The number of alkyl halides is 3. The molecule has 0 fully saturated rings. The highest BCUT2D eigenvalue weighted by molar-refractivity contribution is 5.25. The number of methoxy groups -OCH3 is 2. The van der Waals surface area contributed by atoms with E-state index < -0.39 is 11.7 Å². The maximum absolute atomic E-state index is 12.5. The molecule has 1 N–H and O–H groups in total. The molecule has 6 heteroatoms. The SMILES string of the molecule is COCC(CNCc1cccc(C(F)(F)F)c1)OC. The Labute approximate surface area is 110 Å². The second kappa shape index (κ2) is 7.47. The van der Waals surface area contributed by atoms with Crippen molar-refractivity contribution >= 4 is 0 Å². The van der Waals surface area contributed by atoms with Crippen molar-refractivity contribution in [1.82, 2.24) is 5.32 Å². The van der Waals surface area contributed by atoms with Gasteiger partial charge in [0.05, 0.1) is 18.3 Å². The van der Waals surface area contributed by atoms with Gasteiger partial charge >= 0.3 is 6.18 Å². The van der Waals surface area contributed by atoms with Gasteiger partial charge in [0.15, 0.2) is 0 Å². The maximum Gasteiger partial charge on any atom is 0.416 e. The lowest BCUT2D eigenvalue weighted by Crippen LogP contribution is -2.31. The first-order valence-electron chi connectivity index (χ1n) is 5.86. The second-order valence-corrected chi connectivity index (χ2v) is 4.14. The zero-order valence-electron chi connectivity index (χ0n) is 11.0. The average Bonchev–Trinajstić information content (AvgIpc) is 2.37. The predicted molar refractivity (Wildman–Crippen MR) is 65.8 cm³/mol. The summed E-state index contributed by atoms with van der Waals surface area (Å²) in [7, 11) is 3.13. The number of nitrogens with one attached hydrogen (secondary N) is 1. The van der Waals surface area contributed by atoms with Gasteiger partial charge in [-0.2, -0.15) is 13.2 Å². The Kier molecular flexibility index (Phi) is 6.27. The van der Waals surface area contributed by atoms with Gasteiger partial charge in [0, 0.05) is 27.3 Å². The Morgan fingerprint density at radius 3 is 2.58 bits per heavy atom. The van der Waals surface area contributed by atoms with Crippen molar-refractivity contribution in [3.8, 4) is 0 Å². The van der Waals surface area contributed by atoms with Crippen LogP contribution in [-0.2, 0) is 22.2 Å². The summed E-state index contributed by atoms with van der Waals surface area (Å²) in [6, 6.07) is 5.26. The predicted octanol–water partition coefficient (Wildman–Crippen LogP) is 2.46. The van der Waals surface area contributed by atoms with Crippen molar-refractivity contribution in [3.63, 3.8) is 0 Å². The van der Waals surface area contributed by atoms with Crippen molar-refractivity contribution in [2.45, 2.75) is 18.8 Å². The summed E-state index contributed by atoms with van der Waals surface area (Å²) in [6.07, 6.45) is -4.42. The van der Waals surface area contributed by atoms with Gasteiger partial charge in [-0.15, -0.1) is 0 Å². The van der Waals surface area contributed by atoms with E-state index in [0.29, 0.717) is 25.3 Å². The fourth-order valence-corrected chi connectivity index (χ4v) is 1.63. The summed E-state index contributed by atoms with van der Waals surface area (Å²) in [5.74, 6) is 0. The molecular formula is C13H18F3NO2. The number of hydrogen-bond donors (Lipinski definition) is 1. The van der Waals surface area contributed by atoms with E-state index in [-0.39, 0.29) is 6.10 Å². The van der Waals surface area contributed by atoms with E-state index in [1.165, 1.54) is 6.07 Å². The molecule has 0 saturated heterocycles. The standard InChI is InChI=1S/C13H18F3NO2/c1-18-9-12(19-2)8-17-7-10-4-3-5-11(6-10)13(14,15)16/h3-6,12,17H,7-9H2,1-2H3. The van der Waals surface area contributed by atoms with Gasteiger partial charge < -0.3 is 14.8 Å². The minimum atomic E-state index is -4.30. The molecule has 0 aliphatic heterocycles. The smallest absolute Gasteiger partial charge is 0.382 e. The van der Waals surface area contributed by atoms with E-state index in [1.54, 1.807) is 20.3 Å². The van der Waals surface area contributed by atoms with Crippen LogP contribution in [-0.4, -0.2) is 33.5 Å². The maximum atomic E-state index is 12.5. The minimum absolute atomic E-state index is 0.115. The second-order valence-electron chi connectivity index (χ2n) is 4.14. The summed E-state index contributed by atoms with van der Waals surface area (Å²) in [4.78, 5) is 0. The van der Waals surface area contributed by atoms with Gasteiger partial charge in [-0.25, -0.2) is 0 Å². The molecule has 0 bridgehead atoms. The monoisotopic (exact) mass is 277 g/mol. The highest BCUT2D eigenvalue weighted by atomic mass is 19.4. The highest BCUT2D eigenvalue weighted by Crippen LogP contribution is 2.29. The van der Waals surface area contributed by atoms with Crippen LogP contribution in [0, 0.1) is 0 Å². The third kappa shape index (κ3) is 5.59. The molecule has 0 heterocycles. The topological polar surface area (TPSA) is 30.5 Å². The van der Waals surface area contributed by atoms with Crippen LogP contribution in [0.4, 0.5) is 13.2 Å². The van der Waals surface area contributed by atoms with Crippen molar-refractivity contribution in [2.24, 2.45) is 0 Å². The molecule has 0 amide bonds. The van der Waals surface area contributed by atoms with Crippen LogP contribution in [0.3, 0.4) is 0 Å². The highest BCUT2D eigenvalue weighted by Gasteiger charge is 2.30. The molecule has 1 unspecified atom stereocenters. The van der Waals surface area contributed by atoms with E-state index in [0.717, 1.165) is 12.1 Å². The molecule has 3 nitrogen and oxygen atoms in total. The van der Waals surface area contributed by atoms with Crippen LogP contribution >= 0.6 is 0 Å². The van der Waals surface area contributed by atoms with Gasteiger partial charge in [-0.05, 0) is 11.6 Å². The molecule has 1 aromatic rings. The summed E-state index contributed by atoms with van der Waals surface area (Å²) < 4.78 is 47.6. The van der Waals surface area contributed by atoms with Crippen LogP contribution in [0.15, 0.2) is 24.3 Å². The van der Waals surface area contributed by atoms with Gasteiger partial charge in [0.1, 0.15) is 0 Å². The Balaban J connectivity index is 2.49. The lowest BCUT2D eigenvalue weighted by Gasteiger charge is -2.15. The summed E-state index contributed by atoms with van der Waals surface area (Å²) >= 11 is 0. The van der Waals surface area contributed by atoms with E-state index >= 15 is 0 Å². The molecule has 0 spiro atoms. The van der Waals surface area contributed by atoms with E-state index in [2.05, 4.69) is 5.32 Å². The van der Waals surface area contributed by atoms with E-state index in [4.69, 9.17) is 9.47 Å². The molecule has 0 saturated carbocycles. The Bertz CT molecular complexity index is 382. The molecule has 0 aliphatic rings. The number of benzene rings is 1. The molecule has 1 aromatic carbocycles. The number of ether oxygens (including phenoxy) is 2. The first-order valence-corrected chi connectivity index (χ1v) is 5.86. The Morgan fingerprint density at radius 1 is 1.26 bits per heavy atom. The summed E-state index contributed by atoms with van der Waals surface area (Å²) in [5.41, 5.74) is -0.0472. The lowest BCUT2D eigenvalue weighted by atomic mass is 10.1. The van der Waals surface area contributed by atoms with E-state index in [1.807, 2.05) is 0 Å².